The van der Waals surface area contributed by atoms with Crippen LogP contribution in [0.1, 0.15) is 39.0 Å². The van der Waals surface area contributed by atoms with E-state index in [1.54, 1.807) is 0 Å². The van der Waals surface area contributed by atoms with E-state index in [0.29, 0.717) is 12.5 Å². The zero-order valence-corrected chi connectivity index (χ0v) is 9.20. The lowest BCUT2D eigenvalue weighted by atomic mass is 9.91. The van der Waals surface area contributed by atoms with Gasteiger partial charge in [-0.3, -0.25) is 9.63 Å². The first-order valence-corrected chi connectivity index (χ1v) is 5.90. The summed E-state index contributed by atoms with van der Waals surface area (Å²) in [5, 5.41) is 0. The molecule has 1 aliphatic carbocycles. The van der Waals surface area contributed by atoms with E-state index in [0.717, 1.165) is 12.8 Å². The molecule has 1 heterocycles. The predicted molar refractivity (Wildman–Crippen MR) is 55.0 cm³/mol. The minimum Gasteiger partial charge on any atom is -0.465 e. The van der Waals surface area contributed by atoms with Gasteiger partial charge in [0.15, 0.2) is 0 Å². The molecular formula is C11H19NO3. The van der Waals surface area contributed by atoms with Crippen molar-refractivity contribution in [3.8, 4) is 0 Å². The fourth-order valence-electron chi connectivity index (χ4n) is 2.53. The second-order valence-corrected chi connectivity index (χ2v) is 4.31. The smallest absolute Gasteiger partial charge is 0.325 e. The van der Waals surface area contributed by atoms with Crippen LogP contribution in [-0.4, -0.2) is 24.7 Å². The second-order valence-electron chi connectivity index (χ2n) is 4.31. The molecular weight excluding hydrogens is 194 g/mol. The summed E-state index contributed by atoms with van der Waals surface area (Å²) < 4.78 is 5.03. The summed E-state index contributed by atoms with van der Waals surface area (Å²) in [6.07, 6.45) is 6.00. The van der Waals surface area contributed by atoms with E-state index < -0.39 is 0 Å². The first-order chi connectivity index (χ1) is 7.33. The van der Waals surface area contributed by atoms with Crippen LogP contribution in [0.4, 0.5) is 0 Å². The van der Waals surface area contributed by atoms with Crippen LogP contribution in [0.2, 0.25) is 0 Å². The summed E-state index contributed by atoms with van der Waals surface area (Å²) in [4.78, 5) is 17.1. The number of nitrogens with one attached hydrogen (secondary N) is 1. The van der Waals surface area contributed by atoms with Gasteiger partial charge in [-0.15, -0.1) is 0 Å². The molecule has 86 valence electrons. The molecule has 0 amide bonds. The largest absolute Gasteiger partial charge is 0.465 e. The summed E-state index contributed by atoms with van der Waals surface area (Å²) in [6, 6.07) is -0.243. The Hall–Kier alpha value is -0.610. The molecule has 3 unspecified atom stereocenters. The molecule has 4 heteroatoms. The van der Waals surface area contributed by atoms with Gasteiger partial charge in [0.05, 0.1) is 12.7 Å². The Morgan fingerprint density at radius 3 is 3.00 bits per heavy atom. The highest BCUT2D eigenvalue weighted by Crippen LogP contribution is 2.32. The predicted octanol–water partition coefficient (Wildman–Crippen LogP) is 1.40. The Kier molecular flexibility index (Phi) is 3.59. The minimum absolute atomic E-state index is 0.160. The fourth-order valence-corrected chi connectivity index (χ4v) is 2.53. The number of rotatable bonds is 2. The zero-order valence-electron chi connectivity index (χ0n) is 9.20. The number of esters is 1. The molecule has 0 bridgehead atoms. The average molecular weight is 213 g/mol. The van der Waals surface area contributed by atoms with Crippen molar-refractivity contribution in [1.82, 2.24) is 5.48 Å². The van der Waals surface area contributed by atoms with Crippen LogP contribution in [0, 0.1) is 5.92 Å². The van der Waals surface area contributed by atoms with E-state index >= 15 is 0 Å². The minimum atomic E-state index is -0.243. The maximum absolute atomic E-state index is 11.6. The van der Waals surface area contributed by atoms with Gasteiger partial charge < -0.3 is 4.74 Å². The molecule has 0 spiro atoms. The molecule has 1 saturated carbocycles. The normalized spacial score (nSPS) is 35.7. The van der Waals surface area contributed by atoms with Gasteiger partial charge in [0.25, 0.3) is 0 Å². The van der Waals surface area contributed by atoms with Crippen LogP contribution in [-0.2, 0) is 14.4 Å². The van der Waals surface area contributed by atoms with Crippen molar-refractivity contribution in [2.75, 3.05) is 6.61 Å². The maximum Gasteiger partial charge on any atom is 0.325 e. The van der Waals surface area contributed by atoms with Crippen molar-refractivity contribution in [2.24, 2.45) is 5.92 Å². The highest BCUT2D eigenvalue weighted by Gasteiger charge is 2.42. The van der Waals surface area contributed by atoms with Gasteiger partial charge in [-0.25, -0.2) is 0 Å². The highest BCUT2D eigenvalue weighted by atomic mass is 16.7. The summed E-state index contributed by atoms with van der Waals surface area (Å²) in [5.74, 6) is 0.151. The standard InChI is InChI=1S/C11H19NO3/c1-2-14-11(13)10-8-6-4-3-5-7-9(8)15-12-10/h8-10,12H,2-7H2,1H3. The van der Waals surface area contributed by atoms with Crippen molar-refractivity contribution in [3.63, 3.8) is 0 Å². The molecule has 1 aliphatic heterocycles. The molecule has 2 fully saturated rings. The van der Waals surface area contributed by atoms with E-state index in [2.05, 4.69) is 5.48 Å². The van der Waals surface area contributed by atoms with Crippen molar-refractivity contribution >= 4 is 5.97 Å². The van der Waals surface area contributed by atoms with Crippen LogP contribution in [0.25, 0.3) is 0 Å². The highest BCUT2D eigenvalue weighted by molar-refractivity contribution is 5.76. The third-order valence-corrected chi connectivity index (χ3v) is 3.32. The number of fused-ring (bicyclic) bond motifs is 1. The van der Waals surface area contributed by atoms with E-state index in [1.165, 1.54) is 19.3 Å². The van der Waals surface area contributed by atoms with Gasteiger partial charge in [-0.05, 0) is 19.8 Å². The van der Waals surface area contributed by atoms with Gasteiger partial charge in [-0.1, -0.05) is 19.3 Å². The third-order valence-electron chi connectivity index (χ3n) is 3.32. The van der Waals surface area contributed by atoms with Crippen molar-refractivity contribution in [2.45, 2.75) is 51.2 Å². The number of carbonyl (C=O) groups is 1. The molecule has 0 aromatic rings. The van der Waals surface area contributed by atoms with Crippen LogP contribution in [0.3, 0.4) is 0 Å². The van der Waals surface area contributed by atoms with Crippen LogP contribution in [0.15, 0.2) is 0 Å². The molecule has 1 saturated heterocycles. The number of hydrogen-bond acceptors (Lipinski definition) is 4. The summed E-state index contributed by atoms with van der Waals surface area (Å²) >= 11 is 0. The van der Waals surface area contributed by atoms with Gasteiger partial charge >= 0.3 is 5.97 Å². The third kappa shape index (κ3) is 2.32. The van der Waals surface area contributed by atoms with Crippen molar-refractivity contribution in [3.05, 3.63) is 0 Å². The molecule has 4 nitrogen and oxygen atoms in total. The van der Waals surface area contributed by atoms with Gasteiger partial charge in [0, 0.05) is 5.92 Å². The lowest BCUT2D eigenvalue weighted by Crippen LogP contribution is -2.37. The zero-order chi connectivity index (χ0) is 10.7. The first-order valence-electron chi connectivity index (χ1n) is 5.90. The van der Waals surface area contributed by atoms with Gasteiger partial charge in [0.1, 0.15) is 6.04 Å². The monoisotopic (exact) mass is 213 g/mol. The molecule has 1 N–H and O–H groups in total. The quantitative estimate of drug-likeness (QED) is 0.704. The van der Waals surface area contributed by atoms with Gasteiger partial charge in [0.2, 0.25) is 0 Å². The maximum atomic E-state index is 11.6. The van der Waals surface area contributed by atoms with E-state index in [1.807, 2.05) is 6.92 Å². The molecule has 2 rings (SSSR count). The van der Waals surface area contributed by atoms with E-state index in [4.69, 9.17) is 9.57 Å². The van der Waals surface area contributed by atoms with Crippen molar-refractivity contribution < 1.29 is 14.4 Å². The van der Waals surface area contributed by atoms with Crippen molar-refractivity contribution in [1.29, 1.82) is 0 Å². The second kappa shape index (κ2) is 4.94. The summed E-state index contributed by atoms with van der Waals surface area (Å²) in [7, 11) is 0. The molecule has 15 heavy (non-hydrogen) atoms. The Balaban J connectivity index is 1.98. The Morgan fingerprint density at radius 1 is 1.40 bits per heavy atom. The number of ether oxygens (including phenoxy) is 1. The lowest BCUT2D eigenvalue weighted by molar-refractivity contribution is -0.147. The molecule has 2 aliphatic rings. The number of carbonyl (C=O) groups excluding carboxylic acids is 1. The number of hydroxylamine groups is 1. The molecule has 0 aromatic heterocycles. The molecule has 0 aromatic carbocycles. The fraction of sp³-hybridized carbons (Fsp3) is 0.909. The summed E-state index contributed by atoms with van der Waals surface area (Å²) in [6.45, 7) is 2.27. The van der Waals surface area contributed by atoms with Gasteiger partial charge in [-0.2, -0.15) is 5.48 Å². The average Bonchev–Trinajstić information content (AvgIpc) is 2.48. The lowest BCUT2D eigenvalue weighted by Gasteiger charge is -2.17. The molecule has 3 atom stereocenters. The van der Waals surface area contributed by atoms with Crippen LogP contribution >= 0.6 is 0 Å². The SMILES string of the molecule is CCOC(=O)C1NOC2CCCCCC21. The van der Waals surface area contributed by atoms with Crippen LogP contribution < -0.4 is 5.48 Å². The Bertz CT molecular complexity index is 232. The summed E-state index contributed by atoms with van der Waals surface area (Å²) in [5.41, 5.74) is 2.84. The Morgan fingerprint density at radius 2 is 2.20 bits per heavy atom. The first kappa shape index (κ1) is 10.9. The molecule has 0 radical (unpaired) electrons. The topological polar surface area (TPSA) is 47.6 Å². The Labute approximate surface area is 90.3 Å². The van der Waals surface area contributed by atoms with E-state index in [-0.39, 0.29) is 18.1 Å². The number of hydrogen-bond donors (Lipinski definition) is 1. The van der Waals surface area contributed by atoms with E-state index in [9.17, 15) is 4.79 Å². The van der Waals surface area contributed by atoms with Crippen LogP contribution in [0.5, 0.6) is 0 Å².